The summed E-state index contributed by atoms with van der Waals surface area (Å²) in [5, 5.41) is 4.04. The maximum Gasteiger partial charge on any atom is 0.119 e. The van der Waals surface area contributed by atoms with Crippen molar-refractivity contribution in [2.45, 2.75) is 32.7 Å². The molecule has 0 aromatic heterocycles. The number of likely N-dealkylation sites (N-methyl/N-ethyl adjacent to an activating group) is 1. The number of rotatable bonds is 7. The van der Waals surface area contributed by atoms with Gasteiger partial charge in [0.25, 0.3) is 0 Å². The lowest BCUT2D eigenvalue weighted by Crippen LogP contribution is -2.33. The molecule has 2 atom stereocenters. The Morgan fingerprint density at radius 3 is 2.47 bits per heavy atom. The lowest BCUT2D eigenvalue weighted by molar-refractivity contribution is 0.247. The van der Waals surface area contributed by atoms with E-state index < -0.39 is 0 Å². The van der Waals surface area contributed by atoms with Crippen molar-refractivity contribution in [1.29, 1.82) is 0 Å². The van der Waals surface area contributed by atoms with Crippen LogP contribution in [0.4, 0.5) is 0 Å². The third-order valence-corrected chi connectivity index (χ3v) is 3.31. The summed E-state index contributed by atoms with van der Waals surface area (Å²) in [4.78, 5) is 0. The van der Waals surface area contributed by atoms with Crippen LogP contribution in [0.5, 0.6) is 5.75 Å². The van der Waals surface area contributed by atoms with Crippen LogP contribution in [0.2, 0.25) is 5.02 Å². The lowest BCUT2D eigenvalue weighted by atomic mass is 10.00. The standard InChI is InChI=1S/C14H22ClNO/c1-4-11(2)9-13(16-3)10-17-14-7-5-12(15)6-8-14/h5-8,11,13,16H,4,9-10H2,1-3H3. The Balaban J connectivity index is 2.39. The summed E-state index contributed by atoms with van der Waals surface area (Å²) < 4.78 is 5.74. The second-order valence-corrected chi connectivity index (χ2v) is 4.94. The van der Waals surface area contributed by atoms with Gasteiger partial charge in [-0.15, -0.1) is 0 Å². The van der Waals surface area contributed by atoms with Crippen LogP contribution in [-0.4, -0.2) is 19.7 Å². The Hall–Kier alpha value is -0.730. The van der Waals surface area contributed by atoms with E-state index >= 15 is 0 Å². The molecule has 1 rings (SSSR count). The lowest BCUT2D eigenvalue weighted by Gasteiger charge is -2.20. The van der Waals surface area contributed by atoms with E-state index in [1.807, 2.05) is 31.3 Å². The molecule has 0 aliphatic rings. The first-order valence-corrected chi connectivity index (χ1v) is 6.59. The molecule has 0 aliphatic carbocycles. The average molecular weight is 256 g/mol. The summed E-state index contributed by atoms with van der Waals surface area (Å²) >= 11 is 5.82. The van der Waals surface area contributed by atoms with Crippen molar-refractivity contribution in [3.05, 3.63) is 29.3 Å². The molecule has 3 heteroatoms. The maximum atomic E-state index is 5.82. The van der Waals surface area contributed by atoms with Crippen molar-refractivity contribution in [1.82, 2.24) is 5.32 Å². The van der Waals surface area contributed by atoms with E-state index in [9.17, 15) is 0 Å². The van der Waals surface area contributed by atoms with Gasteiger partial charge >= 0.3 is 0 Å². The number of hydrogen-bond donors (Lipinski definition) is 1. The molecule has 2 nitrogen and oxygen atoms in total. The maximum absolute atomic E-state index is 5.82. The molecule has 0 spiro atoms. The molecule has 0 heterocycles. The first-order valence-electron chi connectivity index (χ1n) is 6.21. The molecule has 0 bridgehead atoms. The summed E-state index contributed by atoms with van der Waals surface area (Å²) in [6.07, 6.45) is 2.35. The van der Waals surface area contributed by atoms with Gasteiger partial charge in [0.2, 0.25) is 0 Å². The Labute approximate surface area is 109 Å². The van der Waals surface area contributed by atoms with E-state index in [0.29, 0.717) is 12.6 Å². The predicted molar refractivity (Wildman–Crippen MR) is 73.9 cm³/mol. The van der Waals surface area contributed by atoms with Gasteiger partial charge in [0.15, 0.2) is 0 Å². The van der Waals surface area contributed by atoms with E-state index in [2.05, 4.69) is 19.2 Å². The highest BCUT2D eigenvalue weighted by Crippen LogP contribution is 2.16. The van der Waals surface area contributed by atoms with Gasteiger partial charge in [0, 0.05) is 11.1 Å². The van der Waals surface area contributed by atoms with Crippen LogP contribution in [0.25, 0.3) is 0 Å². The van der Waals surface area contributed by atoms with Crippen molar-refractivity contribution < 1.29 is 4.74 Å². The Morgan fingerprint density at radius 2 is 1.94 bits per heavy atom. The van der Waals surface area contributed by atoms with Gasteiger partial charge < -0.3 is 10.1 Å². The number of halogens is 1. The first kappa shape index (κ1) is 14.3. The fraction of sp³-hybridized carbons (Fsp3) is 0.571. The minimum atomic E-state index is 0.403. The van der Waals surface area contributed by atoms with Gasteiger partial charge in [-0.2, -0.15) is 0 Å². The van der Waals surface area contributed by atoms with Crippen LogP contribution in [0.15, 0.2) is 24.3 Å². The smallest absolute Gasteiger partial charge is 0.119 e. The van der Waals surface area contributed by atoms with Crippen LogP contribution >= 0.6 is 11.6 Å². The van der Waals surface area contributed by atoms with Crippen LogP contribution in [-0.2, 0) is 0 Å². The van der Waals surface area contributed by atoms with Gasteiger partial charge in [-0.25, -0.2) is 0 Å². The molecule has 96 valence electrons. The Morgan fingerprint density at radius 1 is 1.29 bits per heavy atom. The SMILES string of the molecule is CCC(C)CC(COc1ccc(Cl)cc1)NC. The van der Waals surface area contributed by atoms with Crippen molar-refractivity contribution in [2.24, 2.45) is 5.92 Å². The van der Waals surface area contributed by atoms with Crippen LogP contribution in [0.3, 0.4) is 0 Å². The van der Waals surface area contributed by atoms with Crippen molar-refractivity contribution in [3.63, 3.8) is 0 Å². The molecule has 1 aromatic rings. The van der Waals surface area contributed by atoms with Crippen LogP contribution < -0.4 is 10.1 Å². The van der Waals surface area contributed by atoms with E-state index in [4.69, 9.17) is 16.3 Å². The topological polar surface area (TPSA) is 21.3 Å². The largest absolute Gasteiger partial charge is 0.492 e. The van der Waals surface area contributed by atoms with E-state index in [1.165, 1.54) is 6.42 Å². The minimum Gasteiger partial charge on any atom is -0.492 e. The zero-order valence-electron chi connectivity index (χ0n) is 10.9. The molecule has 0 amide bonds. The van der Waals surface area contributed by atoms with E-state index in [1.54, 1.807) is 0 Å². The molecule has 1 aromatic carbocycles. The third-order valence-electron chi connectivity index (χ3n) is 3.06. The monoisotopic (exact) mass is 255 g/mol. The zero-order chi connectivity index (χ0) is 12.7. The molecule has 0 saturated carbocycles. The molecule has 0 fully saturated rings. The fourth-order valence-corrected chi connectivity index (χ4v) is 1.78. The average Bonchev–Trinajstić information content (AvgIpc) is 2.36. The highest BCUT2D eigenvalue weighted by molar-refractivity contribution is 6.30. The summed E-state index contributed by atoms with van der Waals surface area (Å²) in [6, 6.07) is 7.90. The van der Waals surface area contributed by atoms with Gasteiger partial charge in [-0.3, -0.25) is 0 Å². The molecule has 0 radical (unpaired) electrons. The molecular weight excluding hydrogens is 234 g/mol. The highest BCUT2D eigenvalue weighted by Gasteiger charge is 2.10. The van der Waals surface area contributed by atoms with Gasteiger partial charge in [-0.05, 0) is 43.7 Å². The molecule has 1 N–H and O–H groups in total. The second-order valence-electron chi connectivity index (χ2n) is 4.50. The molecule has 17 heavy (non-hydrogen) atoms. The quantitative estimate of drug-likeness (QED) is 0.801. The Kier molecular flexibility index (Phi) is 6.38. The molecule has 2 unspecified atom stereocenters. The van der Waals surface area contributed by atoms with Crippen molar-refractivity contribution >= 4 is 11.6 Å². The van der Waals surface area contributed by atoms with Gasteiger partial charge in [0.1, 0.15) is 12.4 Å². The van der Waals surface area contributed by atoms with Crippen molar-refractivity contribution in [3.8, 4) is 5.75 Å². The number of benzene rings is 1. The predicted octanol–water partition coefficient (Wildman–Crippen LogP) is 3.74. The summed E-state index contributed by atoms with van der Waals surface area (Å²) in [7, 11) is 1.98. The first-order chi connectivity index (χ1) is 8.15. The number of hydrogen-bond acceptors (Lipinski definition) is 2. The second kappa shape index (κ2) is 7.57. The van der Waals surface area contributed by atoms with Crippen molar-refractivity contribution in [2.75, 3.05) is 13.7 Å². The van der Waals surface area contributed by atoms with Gasteiger partial charge in [-0.1, -0.05) is 31.9 Å². The summed E-state index contributed by atoms with van der Waals surface area (Å²) in [5.41, 5.74) is 0. The zero-order valence-corrected chi connectivity index (χ0v) is 11.6. The minimum absolute atomic E-state index is 0.403. The molecular formula is C14H22ClNO. The third kappa shape index (κ3) is 5.42. The normalized spacial score (nSPS) is 14.4. The van der Waals surface area contributed by atoms with Gasteiger partial charge in [0.05, 0.1) is 0 Å². The summed E-state index contributed by atoms with van der Waals surface area (Å²) in [5.74, 6) is 1.60. The molecule has 0 aliphatic heterocycles. The fourth-order valence-electron chi connectivity index (χ4n) is 1.65. The van der Waals surface area contributed by atoms with Crippen LogP contribution in [0, 0.1) is 5.92 Å². The molecule has 0 saturated heterocycles. The number of ether oxygens (including phenoxy) is 1. The number of nitrogens with one attached hydrogen (secondary N) is 1. The van der Waals surface area contributed by atoms with E-state index in [0.717, 1.165) is 23.1 Å². The van der Waals surface area contributed by atoms with E-state index in [-0.39, 0.29) is 0 Å². The highest BCUT2D eigenvalue weighted by atomic mass is 35.5. The van der Waals surface area contributed by atoms with Crippen LogP contribution in [0.1, 0.15) is 26.7 Å². The summed E-state index contributed by atoms with van der Waals surface area (Å²) in [6.45, 7) is 5.19. The Bertz CT molecular complexity index is 313.